The molecule has 0 saturated carbocycles. The topological polar surface area (TPSA) is 58.9 Å². The second-order valence-corrected chi connectivity index (χ2v) is 2.33. The standard InChI is InChI=1S/C6H12O4/c1-4-9-3-5(8)6(2-7)10-4/h4-8H,2-3H2,1H3/t4-,5-,6+/m1/s1. The van der Waals surface area contributed by atoms with E-state index in [4.69, 9.17) is 19.7 Å². The molecule has 1 aliphatic rings. The Kier molecular flexibility index (Phi) is 2.62. The van der Waals surface area contributed by atoms with Gasteiger partial charge < -0.3 is 19.7 Å². The summed E-state index contributed by atoms with van der Waals surface area (Å²) in [6, 6.07) is 0. The molecule has 1 saturated heterocycles. The van der Waals surface area contributed by atoms with Crippen LogP contribution >= 0.6 is 0 Å². The van der Waals surface area contributed by atoms with Crippen molar-refractivity contribution in [1.29, 1.82) is 0 Å². The average Bonchev–Trinajstić information content (AvgIpc) is 1.94. The fourth-order valence-electron chi connectivity index (χ4n) is 0.882. The van der Waals surface area contributed by atoms with Crippen molar-refractivity contribution in [2.45, 2.75) is 25.4 Å². The molecule has 1 aliphatic heterocycles. The Bertz CT molecular complexity index is 106. The van der Waals surface area contributed by atoms with Crippen molar-refractivity contribution in [3.63, 3.8) is 0 Å². The monoisotopic (exact) mass is 148 g/mol. The predicted molar refractivity (Wildman–Crippen MR) is 33.4 cm³/mol. The zero-order chi connectivity index (χ0) is 7.56. The zero-order valence-electron chi connectivity index (χ0n) is 5.86. The van der Waals surface area contributed by atoms with Gasteiger partial charge in [-0.15, -0.1) is 0 Å². The Morgan fingerprint density at radius 2 is 2.30 bits per heavy atom. The molecule has 1 heterocycles. The van der Waals surface area contributed by atoms with Gasteiger partial charge in [-0.1, -0.05) is 0 Å². The third-order valence-corrected chi connectivity index (χ3v) is 1.48. The number of rotatable bonds is 1. The second kappa shape index (κ2) is 3.30. The molecule has 0 aromatic carbocycles. The molecule has 0 amide bonds. The summed E-state index contributed by atoms with van der Waals surface area (Å²) in [5.41, 5.74) is 0. The smallest absolute Gasteiger partial charge is 0.155 e. The Hall–Kier alpha value is -0.160. The van der Waals surface area contributed by atoms with Crippen LogP contribution in [0.1, 0.15) is 6.92 Å². The Balaban J connectivity index is 2.38. The molecule has 4 heteroatoms. The van der Waals surface area contributed by atoms with Gasteiger partial charge in [0.1, 0.15) is 12.2 Å². The minimum Gasteiger partial charge on any atom is -0.394 e. The summed E-state index contributed by atoms with van der Waals surface area (Å²) in [5, 5.41) is 17.7. The highest BCUT2D eigenvalue weighted by molar-refractivity contribution is 4.71. The number of aliphatic hydroxyl groups is 2. The van der Waals surface area contributed by atoms with Gasteiger partial charge in [-0.2, -0.15) is 0 Å². The average molecular weight is 148 g/mol. The van der Waals surface area contributed by atoms with Crippen molar-refractivity contribution in [2.24, 2.45) is 0 Å². The first-order chi connectivity index (χ1) is 4.74. The predicted octanol–water partition coefficient (Wildman–Crippen LogP) is -0.899. The molecule has 0 aromatic heterocycles. The van der Waals surface area contributed by atoms with Crippen LogP contribution in [0.5, 0.6) is 0 Å². The Labute approximate surface area is 59.4 Å². The van der Waals surface area contributed by atoms with E-state index < -0.39 is 12.2 Å². The summed E-state index contributed by atoms with van der Waals surface area (Å²) in [7, 11) is 0. The third-order valence-electron chi connectivity index (χ3n) is 1.48. The van der Waals surface area contributed by atoms with Gasteiger partial charge in [0, 0.05) is 0 Å². The van der Waals surface area contributed by atoms with Crippen LogP contribution in [0.3, 0.4) is 0 Å². The van der Waals surface area contributed by atoms with Crippen LogP contribution in [-0.2, 0) is 9.47 Å². The molecule has 4 nitrogen and oxygen atoms in total. The summed E-state index contributed by atoms with van der Waals surface area (Å²) in [5.74, 6) is 0. The van der Waals surface area contributed by atoms with Crippen molar-refractivity contribution in [3.05, 3.63) is 0 Å². The summed E-state index contributed by atoms with van der Waals surface area (Å²) in [6.45, 7) is 1.82. The SMILES string of the molecule is C[C@@H]1OC[C@@H](O)[C@H](CO)O1. The molecule has 0 aliphatic carbocycles. The molecule has 0 bridgehead atoms. The maximum Gasteiger partial charge on any atom is 0.155 e. The highest BCUT2D eigenvalue weighted by atomic mass is 16.7. The second-order valence-electron chi connectivity index (χ2n) is 2.33. The maximum absolute atomic E-state index is 9.08. The first-order valence-electron chi connectivity index (χ1n) is 3.30. The van der Waals surface area contributed by atoms with Gasteiger partial charge in [-0.3, -0.25) is 0 Å². The van der Waals surface area contributed by atoms with Crippen LogP contribution in [-0.4, -0.2) is 41.9 Å². The van der Waals surface area contributed by atoms with Crippen molar-refractivity contribution < 1.29 is 19.7 Å². The van der Waals surface area contributed by atoms with Crippen molar-refractivity contribution in [1.82, 2.24) is 0 Å². The number of ether oxygens (including phenoxy) is 2. The van der Waals surface area contributed by atoms with E-state index in [1.54, 1.807) is 6.92 Å². The molecule has 1 rings (SSSR count). The third kappa shape index (κ3) is 1.67. The Morgan fingerprint density at radius 3 is 2.80 bits per heavy atom. The molecular formula is C6H12O4. The van der Waals surface area contributed by atoms with Gasteiger partial charge in [0.05, 0.1) is 13.2 Å². The molecule has 0 unspecified atom stereocenters. The molecular weight excluding hydrogens is 136 g/mol. The largest absolute Gasteiger partial charge is 0.394 e. The summed E-state index contributed by atoms with van der Waals surface area (Å²) in [6.07, 6.45) is -1.49. The molecule has 0 spiro atoms. The van der Waals surface area contributed by atoms with Crippen LogP contribution in [0, 0.1) is 0 Å². The van der Waals surface area contributed by atoms with E-state index in [-0.39, 0.29) is 19.5 Å². The van der Waals surface area contributed by atoms with E-state index in [1.165, 1.54) is 0 Å². The van der Waals surface area contributed by atoms with Gasteiger partial charge in [-0.05, 0) is 6.92 Å². The number of hydrogen-bond acceptors (Lipinski definition) is 4. The molecule has 0 aromatic rings. The number of hydrogen-bond donors (Lipinski definition) is 2. The molecule has 10 heavy (non-hydrogen) atoms. The van der Waals surface area contributed by atoms with E-state index in [0.717, 1.165) is 0 Å². The zero-order valence-corrected chi connectivity index (χ0v) is 5.86. The summed E-state index contributed by atoms with van der Waals surface area (Å²) < 4.78 is 9.96. The maximum atomic E-state index is 9.08. The van der Waals surface area contributed by atoms with E-state index in [0.29, 0.717) is 0 Å². The fraction of sp³-hybridized carbons (Fsp3) is 1.00. The first-order valence-corrected chi connectivity index (χ1v) is 3.30. The van der Waals surface area contributed by atoms with Crippen LogP contribution < -0.4 is 0 Å². The van der Waals surface area contributed by atoms with E-state index >= 15 is 0 Å². The lowest BCUT2D eigenvalue weighted by atomic mass is 10.2. The van der Waals surface area contributed by atoms with Gasteiger partial charge >= 0.3 is 0 Å². The van der Waals surface area contributed by atoms with E-state index in [1.807, 2.05) is 0 Å². The minimum atomic E-state index is -0.693. The summed E-state index contributed by atoms with van der Waals surface area (Å²) >= 11 is 0. The van der Waals surface area contributed by atoms with Gasteiger partial charge in [0.25, 0.3) is 0 Å². The van der Waals surface area contributed by atoms with E-state index in [9.17, 15) is 0 Å². The minimum absolute atomic E-state index is 0.158. The normalized spacial score (nSPS) is 41.7. The van der Waals surface area contributed by atoms with Gasteiger partial charge in [0.15, 0.2) is 6.29 Å². The molecule has 0 radical (unpaired) electrons. The number of aliphatic hydroxyl groups excluding tert-OH is 2. The lowest BCUT2D eigenvalue weighted by Gasteiger charge is -2.30. The quantitative estimate of drug-likeness (QED) is 0.506. The van der Waals surface area contributed by atoms with Gasteiger partial charge in [0.2, 0.25) is 0 Å². The van der Waals surface area contributed by atoms with Crippen molar-refractivity contribution in [2.75, 3.05) is 13.2 Å². The lowest BCUT2D eigenvalue weighted by Crippen LogP contribution is -2.44. The Morgan fingerprint density at radius 1 is 1.60 bits per heavy atom. The van der Waals surface area contributed by atoms with Crippen LogP contribution in [0.2, 0.25) is 0 Å². The molecule has 2 N–H and O–H groups in total. The first kappa shape index (κ1) is 7.94. The molecule has 60 valence electrons. The van der Waals surface area contributed by atoms with E-state index in [2.05, 4.69) is 0 Å². The lowest BCUT2D eigenvalue weighted by molar-refractivity contribution is -0.250. The highest BCUT2D eigenvalue weighted by Crippen LogP contribution is 2.11. The molecule has 3 atom stereocenters. The van der Waals surface area contributed by atoms with Crippen LogP contribution in [0.15, 0.2) is 0 Å². The fourth-order valence-corrected chi connectivity index (χ4v) is 0.882. The van der Waals surface area contributed by atoms with Crippen LogP contribution in [0.4, 0.5) is 0 Å². The molecule has 1 fully saturated rings. The van der Waals surface area contributed by atoms with Crippen molar-refractivity contribution in [3.8, 4) is 0 Å². The highest BCUT2D eigenvalue weighted by Gasteiger charge is 2.27. The summed E-state index contributed by atoms with van der Waals surface area (Å²) in [4.78, 5) is 0. The van der Waals surface area contributed by atoms with Crippen molar-refractivity contribution >= 4 is 0 Å². The van der Waals surface area contributed by atoms with Crippen LogP contribution in [0.25, 0.3) is 0 Å². The van der Waals surface area contributed by atoms with Gasteiger partial charge in [-0.25, -0.2) is 0 Å².